The largest absolute Gasteiger partial charge is 0.497 e. The number of hydrogen-bond donors (Lipinski definition) is 1. The third-order valence-corrected chi connectivity index (χ3v) is 3.25. The third-order valence-electron chi connectivity index (χ3n) is 3.25. The van der Waals surface area contributed by atoms with Crippen LogP contribution in [0.15, 0.2) is 18.2 Å². The molecule has 5 nitrogen and oxygen atoms in total. The van der Waals surface area contributed by atoms with Crippen LogP contribution in [0.2, 0.25) is 0 Å². The highest BCUT2D eigenvalue weighted by molar-refractivity contribution is 5.73. The van der Waals surface area contributed by atoms with E-state index in [0.717, 1.165) is 0 Å². The Hall–Kier alpha value is -1.75. The van der Waals surface area contributed by atoms with Gasteiger partial charge >= 0.3 is 5.97 Å². The summed E-state index contributed by atoms with van der Waals surface area (Å²) in [6.07, 6.45) is -0.980. The number of rotatable bonds is 6. The summed E-state index contributed by atoms with van der Waals surface area (Å²) < 4.78 is 15.1. The van der Waals surface area contributed by atoms with Gasteiger partial charge in [-0.05, 0) is 23.6 Å². The summed E-state index contributed by atoms with van der Waals surface area (Å²) in [5.41, 5.74) is 0.560. The summed E-state index contributed by atoms with van der Waals surface area (Å²) >= 11 is 0. The molecule has 1 rings (SSSR count). The Labute approximate surface area is 119 Å². The van der Waals surface area contributed by atoms with Crippen LogP contribution in [0.25, 0.3) is 0 Å². The van der Waals surface area contributed by atoms with E-state index in [1.54, 1.807) is 18.2 Å². The predicted octanol–water partition coefficient (Wildman–Crippen LogP) is 2.18. The molecule has 1 aromatic rings. The van der Waals surface area contributed by atoms with E-state index in [2.05, 4.69) is 0 Å². The molecule has 0 saturated carbocycles. The zero-order valence-electron chi connectivity index (χ0n) is 12.5. The Bertz CT molecular complexity index is 433. The van der Waals surface area contributed by atoms with Crippen molar-refractivity contribution in [1.82, 2.24) is 0 Å². The molecule has 0 saturated heterocycles. The van der Waals surface area contributed by atoms with Crippen molar-refractivity contribution in [2.24, 2.45) is 11.8 Å². The van der Waals surface area contributed by atoms with Gasteiger partial charge in [-0.1, -0.05) is 13.8 Å². The summed E-state index contributed by atoms with van der Waals surface area (Å²) in [7, 11) is 4.38. The van der Waals surface area contributed by atoms with Gasteiger partial charge in [0.15, 0.2) is 0 Å². The average molecular weight is 282 g/mol. The van der Waals surface area contributed by atoms with E-state index in [1.807, 2.05) is 13.8 Å². The Morgan fingerprint density at radius 2 is 1.55 bits per heavy atom. The topological polar surface area (TPSA) is 65.0 Å². The minimum atomic E-state index is -0.980. The van der Waals surface area contributed by atoms with Crippen molar-refractivity contribution in [3.63, 3.8) is 0 Å². The third kappa shape index (κ3) is 3.63. The highest BCUT2D eigenvalue weighted by atomic mass is 16.5. The first-order valence-corrected chi connectivity index (χ1v) is 6.43. The Kier molecular flexibility index (Phi) is 5.82. The van der Waals surface area contributed by atoms with Gasteiger partial charge in [-0.3, -0.25) is 4.79 Å². The molecular formula is C15H22O5. The van der Waals surface area contributed by atoms with Crippen LogP contribution in [-0.4, -0.2) is 32.4 Å². The highest BCUT2D eigenvalue weighted by Gasteiger charge is 2.32. The molecule has 0 bridgehead atoms. The zero-order valence-corrected chi connectivity index (χ0v) is 12.5. The summed E-state index contributed by atoms with van der Waals surface area (Å²) in [5.74, 6) is -0.0164. The van der Waals surface area contributed by atoms with Gasteiger partial charge in [0.1, 0.15) is 11.5 Å². The van der Waals surface area contributed by atoms with Crippen LogP contribution >= 0.6 is 0 Å². The lowest BCUT2D eigenvalue weighted by Gasteiger charge is -2.24. The fraction of sp³-hybridized carbons (Fsp3) is 0.533. The molecule has 0 fully saturated rings. The van der Waals surface area contributed by atoms with Gasteiger partial charge in [0.25, 0.3) is 0 Å². The van der Waals surface area contributed by atoms with E-state index in [0.29, 0.717) is 17.1 Å². The first kappa shape index (κ1) is 16.3. The van der Waals surface area contributed by atoms with Crippen LogP contribution in [0.3, 0.4) is 0 Å². The van der Waals surface area contributed by atoms with Crippen molar-refractivity contribution < 1.29 is 24.1 Å². The number of aliphatic hydroxyl groups is 1. The van der Waals surface area contributed by atoms with Crippen molar-refractivity contribution >= 4 is 5.97 Å². The summed E-state index contributed by atoms with van der Waals surface area (Å²) in [6, 6.07) is 5.08. The van der Waals surface area contributed by atoms with Gasteiger partial charge in [-0.25, -0.2) is 0 Å². The van der Waals surface area contributed by atoms with E-state index in [-0.39, 0.29) is 5.92 Å². The Morgan fingerprint density at radius 1 is 1.05 bits per heavy atom. The molecule has 0 radical (unpaired) electrons. The van der Waals surface area contributed by atoms with Gasteiger partial charge in [0.2, 0.25) is 0 Å². The maximum atomic E-state index is 11.8. The van der Waals surface area contributed by atoms with Crippen molar-refractivity contribution in [2.75, 3.05) is 21.3 Å². The minimum absolute atomic E-state index is 0.0605. The molecule has 0 aromatic heterocycles. The molecule has 2 atom stereocenters. The Morgan fingerprint density at radius 3 is 1.90 bits per heavy atom. The quantitative estimate of drug-likeness (QED) is 0.810. The number of carbonyl (C=O) groups excluding carboxylic acids is 1. The van der Waals surface area contributed by atoms with Gasteiger partial charge in [0, 0.05) is 6.07 Å². The van der Waals surface area contributed by atoms with Crippen LogP contribution in [0.1, 0.15) is 25.5 Å². The number of methoxy groups -OCH3 is 3. The van der Waals surface area contributed by atoms with Crippen LogP contribution in [0.5, 0.6) is 11.5 Å². The highest BCUT2D eigenvalue weighted by Crippen LogP contribution is 2.33. The summed E-state index contributed by atoms with van der Waals surface area (Å²) in [6.45, 7) is 3.73. The molecule has 112 valence electrons. The molecule has 0 spiro atoms. The number of aliphatic hydroxyl groups excluding tert-OH is 1. The van der Waals surface area contributed by atoms with Crippen LogP contribution in [0.4, 0.5) is 0 Å². The van der Waals surface area contributed by atoms with Gasteiger partial charge in [-0.15, -0.1) is 0 Å². The molecule has 1 aromatic carbocycles. The molecule has 0 aliphatic rings. The SMILES string of the molecule is COC(=O)C(C(C)C)C(O)c1cc(OC)cc(OC)c1. The molecule has 0 amide bonds. The standard InChI is InChI=1S/C15H22O5/c1-9(2)13(15(17)20-5)14(16)10-6-11(18-3)8-12(7-10)19-4/h6-9,13-14,16H,1-5H3. The number of esters is 1. The summed E-state index contributed by atoms with van der Waals surface area (Å²) in [4.78, 5) is 11.8. The van der Waals surface area contributed by atoms with Gasteiger partial charge in [-0.2, -0.15) is 0 Å². The second kappa shape index (κ2) is 7.14. The van der Waals surface area contributed by atoms with E-state index < -0.39 is 18.0 Å². The maximum Gasteiger partial charge on any atom is 0.311 e. The minimum Gasteiger partial charge on any atom is -0.497 e. The predicted molar refractivity (Wildman–Crippen MR) is 74.8 cm³/mol. The second-order valence-electron chi connectivity index (χ2n) is 4.88. The van der Waals surface area contributed by atoms with E-state index in [9.17, 15) is 9.90 Å². The smallest absolute Gasteiger partial charge is 0.311 e. The molecule has 1 N–H and O–H groups in total. The Balaban J connectivity index is 3.16. The molecule has 2 unspecified atom stereocenters. The maximum absolute atomic E-state index is 11.8. The molecule has 0 heterocycles. The van der Waals surface area contributed by atoms with Gasteiger partial charge in [0.05, 0.1) is 33.4 Å². The monoisotopic (exact) mass is 282 g/mol. The normalized spacial score (nSPS) is 13.8. The van der Waals surface area contributed by atoms with Gasteiger partial charge < -0.3 is 19.3 Å². The van der Waals surface area contributed by atoms with Crippen LogP contribution < -0.4 is 9.47 Å². The molecule has 0 aliphatic carbocycles. The van der Waals surface area contributed by atoms with Crippen molar-refractivity contribution in [3.05, 3.63) is 23.8 Å². The number of carbonyl (C=O) groups is 1. The summed E-state index contributed by atoms with van der Waals surface area (Å²) in [5, 5.41) is 10.5. The number of ether oxygens (including phenoxy) is 3. The van der Waals surface area contributed by atoms with E-state index >= 15 is 0 Å². The fourth-order valence-electron chi connectivity index (χ4n) is 2.11. The van der Waals surface area contributed by atoms with E-state index in [1.165, 1.54) is 21.3 Å². The van der Waals surface area contributed by atoms with Crippen molar-refractivity contribution in [1.29, 1.82) is 0 Å². The van der Waals surface area contributed by atoms with Crippen molar-refractivity contribution in [3.8, 4) is 11.5 Å². The molecule has 5 heteroatoms. The first-order chi connectivity index (χ1) is 9.44. The molecule has 0 aliphatic heterocycles. The lowest BCUT2D eigenvalue weighted by atomic mass is 9.86. The molecular weight excluding hydrogens is 260 g/mol. The lowest BCUT2D eigenvalue weighted by molar-refractivity contribution is -0.152. The average Bonchev–Trinajstić information content (AvgIpc) is 2.45. The number of hydrogen-bond acceptors (Lipinski definition) is 5. The van der Waals surface area contributed by atoms with Crippen LogP contribution in [-0.2, 0) is 9.53 Å². The first-order valence-electron chi connectivity index (χ1n) is 6.43. The zero-order chi connectivity index (χ0) is 15.3. The van der Waals surface area contributed by atoms with Crippen molar-refractivity contribution in [2.45, 2.75) is 20.0 Å². The molecule has 20 heavy (non-hydrogen) atoms. The second-order valence-corrected chi connectivity index (χ2v) is 4.88. The fourth-order valence-corrected chi connectivity index (χ4v) is 2.11. The van der Waals surface area contributed by atoms with E-state index in [4.69, 9.17) is 14.2 Å². The lowest BCUT2D eigenvalue weighted by Crippen LogP contribution is -2.28. The number of benzene rings is 1. The van der Waals surface area contributed by atoms with Crippen LogP contribution in [0, 0.1) is 11.8 Å².